The second kappa shape index (κ2) is 2.47. The molecule has 1 aliphatic heterocycles. The number of benzene rings is 1. The Morgan fingerprint density at radius 1 is 1.31 bits per heavy atom. The summed E-state index contributed by atoms with van der Waals surface area (Å²) in [4.78, 5) is 0. The topological polar surface area (TPSA) is 23.5 Å². The Hall–Kier alpha value is -1.06. The van der Waals surface area contributed by atoms with E-state index in [1.165, 1.54) is 20.7 Å². The van der Waals surface area contributed by atoms with E-state index >= 15 is 0 Å². The van der Waals surface area contributed by atoms with Crippen molar-refractivity contribution in [2.75, 3.05) is 11.6 Å². The first-order chi connectivity index (χ1) is 6.36. The Morgan fingerprint density at radius 2 is 2.23 bits per heavy atom. The molecule has 0 saturated carbocycles. The second-order valence-corrected chi connectivity index (χ2v) is 4.23. The standard InChI is InChI=1S/C10H9NOS/c12-11-5-3-7-1-2-9-8(10(7)11)4-6-13-9/h1-2,4,6,12H,3,5H2. The van der Waals surface area contributed by atoms with Crippen LogP contribution in [0.2, 0.25) is 0 Å². The van der Waals surface area contributed by atoms with Gasteiger partial charge in [-0.15, -0.1) is 11.3 Å². The maximum Gasteiger partial charge on any atom is 0.0753 e. The number of hydrogen-bond donors (Lipinski definition) is 1. The summed E-state index contributed by atoms with van der Waals surface area (Å²) in [6.07, 6.45) is 0.956. The van der Waals surface area contributed by atoms with E-state index in [1.54, 1.807) is 11.3 Å². The van der Waals surface area contributed by atoms with Crippen LogP contribution in [-0.2, 0) is 6.42 Å². The van der Waals surface area contributed by atoms with Gasteiger partial charge in [0.2, 0.25) is 0 Å². The van der Waals surface area contributed by atoms with Crippen molar-refractivity contribution < 1.29 is 5.21 Å². The minimum absolute atomic E-state index is 0.726. The van der Waals surface area contributed by atoms with E-state index in [2.05, 4.69) is 23.6 Å². The summed E-state index contributed by atoms with van der Waals surface area (Å²) in [5.41, 5.74) is 2.27. The lowest BCUT2D eigenvalue weighted by molar-refractivity contribution is 0.265. The third-order valence-electron chi connectivity index (χ3n) is 2.54. The van der Waals surface area contributed by atoms with Gasteiger partial charge in [0, 0.05) is 16.6 Å². The van der Waals surface area contributed by atoms with Gasteiger partial charge >= 0.3 is 0 Å². The zero-order chi connectivity index (χ0) is 8.84. The molecular formula is C10H9NOS. The van der Waals surface area contributed by atoms with Gasteiger partial charge in [0.1, 0.15) is 0 Å². The highest BCUT2D eigenvalue weighted by Gasteiger charge is 2.19. The quantitative estimate of drug-likeness (QED) is 0.692. The van der Waals surface area contributed by atoms with Crippen LogP contribution >= 0.6 is 11.3 Å². The largest absolute Gasteiger partial charge is 0.288 e. The third kappa shape index (κ3) is 0.913. The highest BCUT2D eigenvalue weighted by molar-refractivity contribution is 7.17. The summed E-state index contributed by atoms with van der Waals surface area (Å²) in [6, 6.07) is 6.33. The van der Waals surface area contributed by atoms with Gasteiger partial charge < -0.3 is 0 Å². The molecule has 1 N–H and O–H groups in total. The number of rotatable bonds is 0. The number of fused-ring (bicyclic) bond motifs is 3. The molecule has 2 nitrogen and oxygen atoms in total. The lowest BCUT2D eigenvalue weighted by Gasteiger charge is -2.10. The van der Waals surface area contributed by atoms with E-state index in [-0.39, 0.29) is 0 Å². The average molecular weight is 191 g/mol. The number of hydrogen-bond acceptors (Lipinski definition) is 3. The number of anilines is 1. The van der Waals surface area contributed by atoms with Crippen molar-refractivity contribution in [1.82, 2.24) is 0 Å². The highest BCUT2D eigenvalue weighted by Crippen LogP contribution is 2.36. The molecule has 2 aromatic rings. The van der Waals surface area contributed by atoms with E-state index in [0.29, 0.717) is 0 Å². The number of nitrogens with zero attached hydrogens (tertiary/aromatic N) is 1. The molecule has 3 rings (SSSR count). The zero-order valence-corrected chi connectivity index (χ0v) is 7.84. The third-order valence-corrected chi connectivity index (χ3v) is 3.42. The van der Waals surface area contributed by atoms with Crippen LogP contribution in [0.3, 0.4) is 0 Å². The predicted molar refractivity (Wildman–Crippen MR) is 54.7 cm³/mol. The molecule has 0 atom stereocenters. The summed E-state index contributed by atoms with van der Waals surface area (Å²) < 4.78 is 1.25. The fourth-order valence-corrected chi connectivity index (χ4v) is 2.71. The molecular weight excluding hydrogens is 182 g/mol. The minimum Gasteiger partial charge on any atom is -0.288 e. The molecule has 0 spiro atoms. The van der Waals surface area contributed by atoms with Crippen molar-refractivity contribution in [3.63, 3.8) is 0 Å². The molecule has 0 unspecified atom stereocenters. The van der Waals surface area contributed by atoms with Gasteiger partial charge in [-0.2, -0.15) is 0 Å². The molecule has 0 amide bonds. The van der Waals surface area contributed by atoms with Gasteiger partial charge in [0.05, 0.1) is 5.69 Å². The molecule has 0 aliphatic carbocycles. The summed E-state index contributed by atoms with van der Waals surface area (Å²) in [7, 11) is 0. The van der Waals surface area contributed by atoms with E-state index in [4.69, 9.17) is 0 Å². The summed E-state index contributed by atoms with van der Waals surface area (Å²) in [5.74, 6) is 0. The van der Waals surface area contributed by atoms with E-state index in [0.717, 1.165) is 18.7 Å². The first kappa shape index (κ1) is 7.35. The van der Waals surface area contributed by atoms with E-state index < -0.39 is 0 Å². The lowest BCUT2D eigenvalue weighted by Crippen LogP contribution is -2.13. The minimum atomic E-state index is 0.726. The Labute approximate surface area is 80.0 Å². The first-order valence-corrected chi connectivity index (χ1v) is 5.20. The summed E-state index contributed by atoms with van der Waals surface area (Å²) in [6.45, 7) is 0.726. The van der Waals surface area contributed by atoms with Crippen LogP contribution < -0.4 is 5.06 Å². The van der Waals surface area contributed by atoms with Crippen molar-refractivity contribution in [2.45, 2.75) is 6.42 Å². The smallest absolute Gasteiger partial charge is 0.0753 e. The van der Waals surface area contributed by atoms with Gasteiger partial charge in [-0.1, -0.05) is 6.07 Å². The second-order valence-electron chi connectivity index (χ2n) is 3.28. The molecule has 0 fully saturated rings. The Balaban J connectivity index is 2.42. The van der Waals surface area contributed by atoms with Crippen LogP contribution in [0.1, 0.15) is 5.56 Å². The number of hydroxylamine groups is 1. The van der Waals surface area contributed by atoms with Crippen LogP contribution in [0.4, 0.5) is 5.69 Å². The van der Waals surface area contributed by atoms with Gasteiger partial charge in [0.15, 0.2) is 0 Å². The molecule has 0 saturated heterocycles. The maximum absolute atomic E-state index is 9.64. The number of thiophene rings is 1. The molecule has 66 valence electrons. The van der Waals surface area contributed by atoms with Crippen LogP contribution in [0.5, 0.6) is 0 Å². The predicted octanol–water partition coefficient (Wildman–Crippen LogP) is 2.65. The molecule has 13 heavy (non-hydrogen) atoms. The molecule has 1 aromatic heterocycles. The fraction of sp³-hybridized carbons (Fsp3) is 0.200. The normalized spacial score (nSPS) is 15.3. The lowest BCUT2D eigenvalue weighted by atomic mass is 10.1. The Morgan fingerprint density at radius 3 is 3.15 bits per heavy atom. The van der Waals surface area contributed by atoms with Gasteiger partial charge in [0.25, 0.3) is 0 Å². The van der Waals surface area contributed by atoms with Gasteiger partial charge in [-0.05, 0) is 29.5 Å². The summed E-state index contributed by atoms with van der Waals surface area (Å²) in [5, 5.41) is 14.3. The van der Waals surface area contributed by atoms with Crippen molar-refractivity contribution in [3.05, 3.63) is 29.1 Å². The molecule has 0 radical (unpaired) electrons. The van der Waals surface area contributed by atoms with E-state index in [1.807, 2.05) is 0 Å². The van der Waals surface area contributed by atoms with Gasteiger partial charge in [-0.3, -0.25) is 10.3 Å². The van der Waals surface area contributed by atoms with Crippen molar-refractivity contribution in [3.8, 4) is 0 Å². The zero-order valence-electron chi connectivity index (χ0n) is 7.03. The van der Waals surface area contributed by atoms with Crippen LogP contribution in [0.25, 0.3) is 10.1 Å². The first-order valence-electron chi connectivity index (χ1n) is 4.32. The fourth-order valence-electron chi connectivity index (χ4n) is 1.92. The molecule has 1 aromatic carbocycles. The van der Waals surface area contributed by atoms with Crippen LogP contribution in [-0.4, -0.2) is 11.8 Å². The molecule has 3 heteroatoms. The van der Waals surface area contributed by atoms with E-state index in [9.17, 15) is 5.21 Å². The molecule has 0 bridgehead atoms. The van der Waals surface area contributed by atoms with Gasteiger partial charge in [-0.25, -0.2) is 0 Å². The Bertz CT molecular complexity index is 463. The maximum atomic E-state index is 9.64. The van der Waals surface area contributed by atoms with Crippen molar-refractivity contribution in [1.29, 1.82) is 0 Å². The Kier molecular flexibility index (Phi) is 1.39. The monoisotopic (exact) mass is 191 g/mol. The van der Waals surface area contributed by atoms with Crippen molar-refractivity contribution >= 4 is 27.1 Å². The summed E-state index contributed by atoms with van der Waals surface area (Å²) >= 11 is 1.72. The average Bonchev–Trinajstić information content (AvgIpc) is 2.70. The van der Waals surface area contributed by atoms with Crippen LogP contribution in [0.15, 0.2) is 23.6 Å². The SMILES string of the molecule is ON1CCc2ccc3sccc3c21. The van der Waals surface area contributed by atoms with Crippen molar-refractivity contribution in [2.24, 2.45) is 0 Å². The molecule has 1 aliphatic rings. The highest BCUT2D eigenvalue weighted by atomic mass is 32.1. The molecule has 2 heterocycles. The van der Waals surface area contributed by atoms with Crippen LogP contribution in [0, 0.1) is 0 Å².